The van der Waals surface area contributed by atoms with Gasteiger partial charge in [-0.25, -0.2) is 4.98 Å². The molecule has 0 aliphatic carbocycles. The van der Waals surface area contributed by atoms with Gasteiger partial charge in [-0.1, -0.05) is 39.4 Å². The smallest absolute Gasteiger partial charge is 0.227 e. The maximum absolute atomic E-state index is 12.6. The number of hydrogen-bond donors (Lipinski definition) is 0. The number of fused-ring (bicyclic) bond motifs is 1. The highest BCUT2D eigenvalue weighted by molar-refractivity contribution is 9.10. The Morgan fingerprint density at radius 2 is 2.00 bits per heavy atom. The molecule has 2 aromatic carbocycles. The van der Waals surface area contributed by atoms with E-state index in [1.807, 2.05) is 41.3 Å². The highest BCUT2D eigenvalue weighted by Crippen LogP contribution is 2.31. The van der Waals surface area contributed by atoms with E-state index in [0.29, 0.717) is 6.42 Å². The van der Waals surface area contributed by atoms with Gasteiger partial charge in [-0.15, -0.1) is 0 Å². The van der Waals surface area contributed by atoms with E-state index < -0.39 is 0 Å². The molecular formula is C20H20BrN3O2S. The second-order valence-electron chi connectivity index (χ2n) is 6.50. The molecule has 1 amide bonds. The fourth-order valence-corrected chi connectivity index (χ4v) is 4.81. The molecule has 0 radical (unpaired) electrons. The maximum atomic E-state index is 12.6. The highest BCUT2D eigenvalue weighted by Gasteiger charge is 2.23. The van der Waals surface area contributed by atoms with E-state index in [1.165, 1.54) is 4.70 Å². The zero-order valence-corrected chi connectivity index (χ0v) is 17.4. The van der Waals surface area contributed by atoms with Gasteiger partial charge in [0.1, 0.15) is 5.75 Å². The Morgan fingerprint density at radius 1 is 1.19 bits per heavy atom. The summed E-state index contributed by atoms with van der Waals surface area (Å²) in [7, 11) is 1.64. The molecule has 0 atom stereocenters. The summed E-state index contributed by atoms with van der Waals surface area (Å²) in [5.41, 5.74) is 2.01. The van der Waals surface area contributed by atoms with Gasteiger partial charge in [0.25, 0.3) is 0 Å². The molecule has 1 aliphatic rings. The predicted octanol–water partition coefficient (Wildman–Crippen LogP) is 3.96. The number of rotatable bonds is 4. The van der Waals surface area contributed by atoms with Crippen LogP contribution < -0.4 is 9.64 Å². The molecule has 0 unspecified atom stereocenters. The minimum atomic E-state index is 0.163. The molecule has 5 nitrogen and oxygen atoms in total. The summed E-state index contributed by atoms with van der Waals surface area (Å²) in [6.07, 6.45) is 0.409. The molecule has 0 spiro atoms. The number of amides is 1. The number of ether oxygens (including phenoxy) is 1. The average molecular weight is 446 g/mol. The fraction of sp³-hybridized carbons (Fsp3) is 0.300. The Balaban J connectivity index is 1.38. The largest absolute Gasteiger partial charge is 0.497 e. The van der Waals surface area contributed by atoms with Crippen molar-refractivity contribution in [2.45, 2.75) is 6.42 Å². The van der Waals surface area contributed by atoms with Crippen LogP contribution in [0, 0.1) is 0 Å². The zero-order valence-electron chi connectivity index (χ0n) is 15.0. The third kappa shape index (κ3) is 4.09. The first-order valence-electron chi connectivity index (χ1n) is 8.84. The minimum absolute atomic E-state index is 0.163. The zero-order chi connectivity index (χ0) is 18.8. The third-order valence-corrected chi connectivity index (χ3v) is 6.30. The van der Waals surface area contributed by atoms with E-state index in [1.54, 1.807) is 18.4 Å². The van der Waals surface area contributed by atoms with Crippen LogP contribution in [0.15, 0.2) is 46.9 Å². The van der Waals surface area contributed by atoms with Gasteiger partial charge in [0.2, 0.25) is 5.91 Å². The van der Waals surface area contributed by atoms with Crippen LogP contribution in [0.2, 0.25) is 0 Å². The van der Waals surface area contributed by atoms with Crippen LogP contribution in [-0.2, 0) is 11.2 Å². The number of anilines is 1. The predicted molar refractivity (Wildman–Crippen MR) is 113 cm³/mol. The minimum Gasteiger partial charge on any atom is -0.497 e. The summed E-state index contributed by atoms with van der Waals surface area (Å²) in [6, 6.07) is 13.9. The topological polar surface area (TPSA) is 45.7 Å². The lowest BCUT2D eigenvalue weighted by molar-refractivity contribution is -0.130. The Bertz CT molecular complexity index is 967. The van der Waals surface area contributed by atoms with Crippen LogP contribution in [-0.4, -0.2) is 49.1 Å². The number of benzene rings is 2. The first-order valence-corrected chi connectivity index (χ1v) is 10.4. The van der Waals surface area contributed by atoms with Crippen molar-refractivity contribution in [1.29, 1.82) is 0 Å². The van der Waals surface area contributed by atoms with E-state index in [4.69, 9.17) is 9.72 Å². The van der Waals surface area contributed by atoms with Crippen LogP contribution in [0.5, 0.6) is 5.75 Å². The van der Waals surface area contributed by atoms with Crippen molar-refractivity contribution in [3.05, 3.63) is 52.5 Å². The number of methoxy groups -OCH3 is 1. The molecule has 2 heterocycles. The summed E-state index contributed by atoms with van der Waals surface area (Å²) >= 11 is 5.21. The molecule has 1 saturated heterocycles. The van der Waals surface area contributed by atoms with E-state index >= 15 is 0 Å². The molecule has 4 rings (SSSR count). The molecule has 27 heavy (non-hydrogen) atoms. The molecular weight excluding hydrogens is 426 g/mol. The van der Waals surface area contributed by atoms with Gasteiger partial charge in [-0.05, 0) is 35.9 Å². The summed E-state index contributed by atoms with van der Waals surface area (Å²) in [5.74, 6) is 0.948. The highest BCUT2D eigenvalue weighted by atomic mass is 79.9. The number of thiazole rings is 1. The lowest BCUT2D eigenvalue weighted by atomic mass is 10.1. The lowest BCUT2D eigenvalue weighted by Gasteiger charge is -2.34. The van der Waals surface area contributed by atoms with Gasteiger partial charge < -0.3 is 14.5 Å². The Hall–Kier alpha value is -2.12. The summed E-state index contributed by atoms with van der Waals surface area (Å²) in [6.45, 7) is 3.07. The number of carbonyl (C=O) groups excluding carboxylic acids is 1. The van der Waals surface area contributed by atoms with Crippen molar-refractivity contribution >= 4 is 48.5 Å². The van der Waals surface area contributed by atoms with Gasteiger partial charge in [0.15, 0.2) is 5.13 Å². The molecule has 140 valence electrons. The molecule has 1 aromatic heterocycles. The van der Waals surface area contributed by atoms with Crippen LogP contribution in [0.1, 0.15) is 5.56 Å². The summed E-state index contributed by atoms with van der Waals surface area (Å²) in [5, 5.41) is 1.03. The summed E-state index contributed by atoms with van der Waals surface area (Å²) < 4.78 is 7.48. The van der Waals surface area contributed by atoms with Crippen molar-refractivity contribution in [1.82, 2.24) is 9.88 Å². The van der Waals surface area contributed by atoms with Crippen molar-refractivity contribution in [3.8, 4) is 5.75 Å². The number of aromatic nitrogens is 1. The number of nitrogens with zero attached hydrogens (tertiary/aromatic N) is 3. The van der Waals surface area contributed by atoms with Gasteiger partial charge in [0, 0.05) is 30.7 Å². The van der Waals surface area contributed by atoms with Crippen molar-refractivity contribution < 1.29 is 9.53 Å². The first kappa shape index (κ1) is 18.3. The first-order chi connectivity index (χ1) is 13.1. The molecule has 0 saturated carbocycles. The Morgan fingerprint density at radius 3 is 2.78 bits per heavy atom. The van der Waals surface area contributed by atoms with Gasteiger partial charge in [0.05, 0.1) is 23.7 Å². The SMILES string of the molecule is COc1cccc(CC(=O)N2CCN(c3nc4ccc(Br)cc4s3)CC2)c1. The number of piperazine rings is 1. The van der Waals surface area contributed by atoms with Crippen molar-refractivity contribution in [2.24, 2.45) is 0 Å². The van der Waals surface area contributed by atoms with E-state index in [-0.39, 0.29) is 5.91 Å². The van der Waals surface area contributed by atoms with Crippen molar-refractivity contribution in [3.63, 3.8) is 0 Å². The van der Waals surface area contributed by atoms with E-state index in [9.17, 15) is 4.79 Å². The van der Waals surface area contributed by atoms with Crippen LogP contribution in [0.25, 0.3) is 10.2 Å². The van der Waals surface area contributed by atoms with E-state index in [2.05, 4.69) is 26.9 Å². The van der Waals surface area contributed by atoms with E-state index in [0.717, 1.165) is 52.6 Å². The fourth-order valence-electron chi connectivity index (χ4n) is 3.24. The Kier molecular flexibility index (Phi) is 5.31. The molecule has 7 heteroatoms. The second-order valence-corrected chi connectivity index (χ2v) is 8.43. The standard InChI is InChI=1S/C20H20BrN3O2S/c1-26-16-4-2-3-14(11-16)12-19(25)23-7-9-24(10-8-23)20-22-17-6-5-15(21)13-18(17)27-20/h2-6,11,13H,7-10,12H2,1H3. The molecule has 0 bridgehead atoms. The van der Waals surface area contributed by atoms with Crippen LogP contribution >= 0.6 is 27.3 Å². The molecule has 1 fully saturated rings. The van der Waals surface area contributed by atoms with Gasteiger partial charge in [-0.2, -0.15) is 0 Å². The van der Waals surface area contributed by atoms with Gasteiger partial charge >= 0.3 is 0 Å². The normalized spacial score (nSPS) is 14.6. The molecule has 3 aromatic rings. The van der Waals surface area contributed by atoms with Crippen LogP contribution in [0.3, 0.4) is 0 Å². The molecule has 1 aliphatic heterocycles. The number of halogens is 1. The second kappa shape index (κ2) is 7.86. The van der Waals surface area contributed by atoms with Gasteiger partial charge in [-0.3, -0.25) is 4.79 Å². The summed E-state index contributed by atoms with van der Waals surface area (Å²) in [4.78, 5) is 21.6. The monoisotopic (exact) mass is 445 g/mol. The quantitative estimate of drug-likeness (QED) is 0.609. The number of hydrogen-bond acceptors (Lipinski definition) is 5. The molecule has 0 N–H and O–H groups in total. The average Bonchev–Trinajstić information content (AvgIpc) is 3.11. The maximum Gasteiger partial charge on any atom is 0.227 e. The Labute approximate surface area is 170 Å². The van der Waals surface area contributed by atoms with Crippen molar-refractivity contribution in [2.75, 3.05) is 38.2 Å². The third-order valence-electron chi connectivity index (χ3n) is 4.73. The lowest BCUT2D eigenvalue weighted by Crippen LogP contribution is -2.49. The van der Waals surface area contributed by atoms with Crippen LogP contribution in [0.4, 0.5) is 5.13 Å². The number of carbonyl (C=O) groups is 1.